The van der Waals surface area contributed by atoms with E-state index >= 15 is 0 Å². The number of benzene rings is 1. The molecule has 0 aliphatic rings. The van der Waals surface area contributed by atoms with Gasteiger partial charge < -0.3 is 9.84 Å². The summed E-state index contributed by atoms with van der Waals surface area (Å²) >= 11 is 0. The third-order valence-corrected chi connectivity index (χ3v) is 2.52. The molecule has 0 saturated carbocycles. The number of nitro groups is 1. The number of aromatic nitrogens is 1. The number of aryl methyl sites for hydroxylation is 1. The van der Waals surface area contributed by atoms with Gasteiger partial charge in [-0.25, -0.2) is 4.79 Å². The number of nitrogens with zero attached hydrogens (tertiary/aromatic N) is 2. The lowest BCUT2D eigenvalue weighted by Gasteiger charge is -2.08. The molecule has 0 radical (unpaired) electrons. The van der Waals surface area contributed by atoms with Crippen molar-refractivity contribution in [2.45, 2.75) is 6.92 Å². The summed E-state index contributed by atoms with van der Waals surface area (Å²) in [6, 6.07) is 4.29. The maximum atomic E-state index is 10.9. The number of carbonyl (C=O) groups is 1. The van der Waals surface area contributed by atoms with E-state index < -0.39 is 17.5 Å². The lowest BCUT2D eigenvalue weighted by molar-refractivity contribution is -0.383. The SMILES string of the molecule is Cc1cc2c(OCC(=O)O)ccc([N+](=O)[O-])c2cn1. The number of rotatable bonds is 4. The van der Waals surface area contributed by atoms with Crippen molar-refractivity contribution in [3.8, 4) is 5.75 Å². The van der Waals surface area contributed by atoms with Crippen LogP contribution in [0.15, 0.2) is 24.4 Å². The van der Waals surface area contributed by atoms with Gasteiger partial charge in [-0.1, -0.05) is 0 Å². The lowest BCUT2D eigenvalue weighted by Crippen LogP contribution is -2.09. The van der Waals surface area contributed by atoms with Crippen LogP contribution in [0.5, 0.6) is 5.75 Å². The predicted octanol–water partition coefficient (Wildman–Crippen LogP) is 1.91. The van der Waals surface area contributed by atoms with Crippen molar-refractivity contribution in [2.75, 3.05) is 6.61 Å². The summed E-state index contributed by atoms with van der Waals surface area (Å²) < 4.78 is 5.12. The van der Waals surface area contributed by atoms with Crippen LogP contribution in [0.3, 0.4) is 0 Å². The topological polar surface area (TPSA) is 103 Å². The van der Waals surface area contributed by atoms with Crippen LogP contribution < -0.4 is 4.74 Å². The molecule has 2 rings (SSSR count). The first-order valence-corrected chi connectivity index (χ1v) is 5.37. The molecule has 98 valence electrons. The van der Waals surface area contributed by atoms with Crippen molar-refractivity contribution >= 4 is 22.4 Å². The van der Waals surface area contributed by atoms with Crippen molar-refractivity contribution in [1.82, 2.24) is 4.98 Å². The van der Waals surface area contributed by atoms with Crippen LogP contribution in [0.1, 0.15) is 5.69 Å². The highest BCUT2D eigenvalue weighted by molar-refractivity contribution is 5.95. The Labute approximate surface area is 107 Å². The van der Waals surface area contributed by atoms with Crippen LogP contribution >= 0.6 is 0 Å². The first-order valence-electron chi connectivity index (χ1n) is 5.37. The van der Waals surface area contributed by atoms with Crippen LogP contribution in [0.4, 0.5) is 5.69 Å². The number of fused-ring (bicyclic) bond motifs is 1. The molecule has 1 aromatic carbocycles. The number of hydrogen-bond donors (Lipinski definition) is 1. The first-order chi connectivity index (χ1) is 8.99. The molecule has 7 nitrogen and oxygen atoms in total. The van der Waals surface area contributed by atoms with E-state index in [0.717, 1.165) is 0 Å². The largest absolute Gasteiger partial charge is 0.481 e. The Balaban J connectivity index is 2.60. The molecule has 19 heavy (non-hydrogen) atoms. The summed E-state index contributed by atoms with van der Waals surface area (Å²) in [4.78, 5) is 24.9. The fourth-order valence-corrected chi connectivity index (χ4v) is 1.73. The molecule has 0 aliphatic heterocycles. The summed E-state index contributed by atoms with van der Waals surface area (Å²) in [7, 11) is 0. The zero-order valence-corrected chi connectivity index (χ0v) is 9.99. The van der Waals surface area contributed by atoms with Gasteiger partial charge in [0, 0.05) is 23.3 Å². The van der Waals surface area contributed by atoms with Crippen LogP contribution in [0.25, 0.3) is 10.8 Å². The normalized spacial score (nSPS) is 10.4. The van der Waals surface area contributed by atoms with Crippen LogP contribution in [-0.2, 0) is 4.79 Å². The maximum absolute atomic E-state index is 10.9. The molecule has 1 heterocycles. The van der Waals surface area contributed by atoms with Crippen LogP contribution in [-0.4, -0.2) is 27.6 Å². The first kappa shape index (κ1) is 12.7. The molecule has 0 bridgehead atoms. The zero-order valence-electron chi connectivity index (χ0n) is 9.99. The van der Waals surface area contributed by atoms with Gasteiger partial charge in [0.05, 0.1) is 10.3 Å². The summed E-state index contributed by atoms with van der Waals surface area (Å²) in [5.74, 6) is -0.828. The molecular weight excluding hydrogens is 252 g/mol. The third kappa shape index (κ3) is 2.59. The predicted molar refractivity (Wildman–Crippen MR) is 66.3 cm³/mol. The number of carboxylic acid groups (broad SMARTS) is 1. The highest BCUT2D eigenvalue weighted by Gasteiger charge is 2.16. The van der Waals surface area contributed by atoms with Gasteiger partial charge in [-0.3, -0.25) is 15.1 Å². The summed E-state index contributed by atoms with van der Waals surface area (Å²) in [5, 5.41) is 20.3. The quantitative estimate of drug-likeness (QED) is 0.666. The van der Waals surface area contributed by atoms with Gasteiger partial charge in [-0.2, -0.15) is 0 Å². The Morgan fingerprint density at radius 2 is 2.21 bits per heavy atom. The van der Waals surface area contributed by atoms with Gasteiger partial charge in [-0.15, -0.1) is 0 Å². The Morgan fingerprint density at radius 3 is 2.84 bits per heavy atom. The van der Waals surface area contributed by atoms with E-state index in [1.807, 2.05) is 0 Å². The zero-order chi connectivity index (χ0) is 14.0. The third-order valence-electron chi connectivity index (χ3n) is 2.52. The van der Waals surface area contributed by atoms with E-state index in [2.05, 4.69) is 4.98 Å². The Bertz CT molecular complexity index is 668. The minimum Gasteiger partial charge on any atom is -0.481 e. The van der Waals surface area contributed by atoms with E-state index in [-0.39, 0.29) is 11.4 Å². The molecule has 0 aliphatic carbocycles. The minimum absolute atomic E-state index is 0.0924. The van der Waals surface area contributed by atoms with Crippen molar-refractivity contribution in [1.29, 1.82) is 0 Å². The Kier molecular flexibility index (Phi) is 3.28. The monoisotopic (exact) mass is 262 g/mol. The summed E-state index contributed by atoms with van der Waals surface area (Å²) in [5.41, 5.74) is 0.568. The molecule has 0 amide bonds. The Hall–Kier alpha value is -2.70. The van der Waals surface area contributed by atoms with Gasteiger partial charge in [0.2, 0.25) is 0 Å². The fourth-order valence-electron chi connectivity index (χ4n) is 1.73. The average Bonchev–Trinajstić information content (AvgIpc) is 2.35. The number of carboxylic acids is 1. The van der Waals surface area contributed by atoms with Crippen LogP contribution in [0.2, 0.25) is 0 Å². The van der Waals surface area contributed by atoms with Gasteiger partial charge in [0.1, 0.15) is 5.75 Å². The molecule has 1 aromatic heterocycles. The van der Waals surface area contributed by atoms with Crippen molar-refractivity contribution < 1.29 is 19.6 Å². The summed E-state index contributed by atoms with van der Waals surface area (Å²) in [6.07, 6.45) is 1.39. The maximum Gasteiger partial charge on any atom is 0.341 e. The smallest absolute Gasteiger partial charge is 0.341 e. The van der Waals surface area contributed by atoms with E-state index in [9.17, 15) is 14.9 Å². The van der Waals surface area contributed by atoms with Gasteiger partial charge in [0.15, 0.2) is 6.61 Å². The number of nitro benzene ring substituents is 1. The van der Waals surface area contributed by atoms with Crippen LogP contribution in [0, 0.1) is 17.0 Å². The molecule has 0 unspecified atom stereocenters. The Morgan fingerprint density at radius 1 is 1.47 bits per heavy atom. The molecule has 0 atom stereocenters. The second-order valence-corrected chi connectivity index (χ2v) is 3.89. The standard InChI is InChI=1S/C12H10N2O5/c1-7-4-8-9(5-13-7)10(14(17)18)2-3-11(8)19-6-12(15)16/h2-5H,6H2,1H3,(H,15,16). The fraction of sp³-hybridized carbons (Fsp3) is 0.167. The average molecular weight is 262 g/mol. The lowest BCUT2D eigenvalue weighted by atomic mass is 10.1. The minimum atomic E-state index is -1.11. The number of ether oxygens (including phenoxy) is 1. The number of aliphatic carboxylic acids is 1. The van der Waals surface area contributed by atoms with E-state index in [1.54, 1.807) is 13.0 Å². The molecule has 0 spiro atoms. The van der Waals surface area contributed by atoms with Crippen molar-refractivity contribution in [2.24, 2.45) is 0 Å². The highest BCUT2D eigenvalue weighted by Crippen LogP contribution is 2.32. The summed E-state index contributed by atoms with van der Waals surface area (Å²) in [6.45, 7) is 1.23. The van der Waals surface area contributed by atoms with E-state index in [4.69, 9.17) is 9.84 Å². The molecule has 0 saturated heterocycles. The molecular formula is C12H10N2O5. The molecule has 7 heteroatoms. The van der Waals surface area contributed by atoms with Gasteiger partial charge in [0.25, 0.3) is 5.69 Å². The second kappa shape index (κ2) is 4.89. The second-order valence-electron chi connectivity index (χ2n) is 3.89. The molecule has 2 aromatic rings. The highest BCUT2D eigenvalue weighted by atomic mass is 16.6. The molecule has 1 N–H and O–H groups in total. The number of hydrogen-bond acceptors (Lipinski definition) is 5. The van der Waals surface area contributed by atoms with Crippen molar-refractivity contribution in [3.05, 3.63) is 40.2 Å². The van der Waals surface area contributed by atoms with E-state index in [1.165, 1.54) is 18.3 Å². The number of pyridine rings is 1. The molecule has 0 fully saturated rings. The van der Waals surface area contributed by atoms with Gasteiger partial charge in [-0.05, 0) is 19.1 Å². The van der Waals surface area contributed by atoms with Crippen molar-refractivity contribution in [3.63, 3.8) is 0 Å². The number of non-ortho nitro benzene ring substituents is 1. The van der Waals surface area contributed by atoms with Gasteiger partial charge >= 0.3 is 5.97 Å². The van der Waals surface area contributed by atoms with E-state index in [0.29, 0.717) is 16.5 Å².